The molecule has 0 aromatic carbocycles. The number of nitrogens with one attached hydrogen (secondary N) is 1. The topological polar surface area (TPSA) is 31.4 Å². The molecule has 1 aromatic heterocycles. The van der Waals surface area contributed by atoms with Crippen LogP contribution in [0.5, 0.6) is 0 Å². The van der Waals surface area contributed by atoms with Gasteiger partial charge in [0.15, 0.2) is 5.13 Å². The maximum absolute atomic E-state index is 4.79. The first kappa shape index (κ1) is 14.8. The van der Waals surface area contributed by atoms with Crippen LogP contribution in [0.3, 0.4) is 0 Å². The molecule has 5 heteroatoms. The molecular formula is C14H26N4S. The van der Waals surface area contributed by atoms with Gasteiger partial charge in [-0.25, -0.2) is 4.98 Å². The minimum Gasteiger partial charge on any atom is -0.344 e. The van der Waals surface area contributed by atoms with Crippen molar-refractivity contribution >= 4 is 16.5 Å². The van der Waals surface area contributed by atoms with Crippen molar-refractivity contribution in [2.45, 2.75) is 39.8 Å². The normalized spacial score (nSPS) is 21.7. The fraction of sp³-hybridized carbons (Fsp3) is 0.786. The molecule has 2 rings (SSSR count). The minimum absolute atomic E-state index is 0.546. The molecule has 0 amide bonds. The Morgan fingerprint density at radius 2 is 2.21 bits per heavy atom. The lowest BCUT2D eigenvalue weighted by Crippen LogP contribution is -2.37. The fourth-order valence-electron chi connectivity index (χ4n) is 2.59. The molecule has 0 spiro atoms. The van der Waals surface area contributed by atoms with E-state index >= 15 is 0 Å². The summed E-state index contributed by atoms with van der Waals surface area (Å²) in [5.74, 6) is 0. The van der Waals surface area contributed by atoms with Gasteiger partial charge in [0, 0.05) is 30.6 Å². The van der Waals surface area contributed by atoms with Gasteiger partial charge in [-0.2, -0.15) is 0 Å². The van der Waals surface area contributed by atoms with Crippen LogP contribution in [0.4, 0.5) is 5.13 Å². The molecule has 1 aliphatic heterocycles. The highest BCUT2D eigenvalue weighted by atomic mass is 32.1. The highest BCUT2D eigenvalue weighted by Gasteiger charge is 2.22. The van der Waals surface area contributed by atoms with Crippen LogP contribution in [0.2, 0.25) is 0 Å². The molecule has 1 aliphatic rings. The summed E-state index contributed by atoms with van der Waals surface area (Å²) in [6.45, 7) is 12.0. The van der Waals surface area contributed by atoms with Crippen molar-refractivity contribution in [3.8, 4) is 0 Å². The number of hydrogen-bond donors (Lipinski definition) is 1. The highest BCUT2D eigenvalue weighted by Crippen LogP contribution is 2.28. The van der Waals surface area contributed by atoms with Gasteiger partial charge in [0.1, 0.15) is 0 Å². The predicted octanol–water partition coefficient (Wildman–Crippen LogP) is 2.09. The molecule has 4 nitrogen and oxygen atoms in total. The van der Waals surface area contributed by atoms with Gasteiger partial charge in [0.05, 0.1) is 5.69 Å². The lowest BCUT2D eigenvalue weighted by atomic mass is 10.3. The molecule has 1 saturated heterocycles. The second-order valence-electron chi connectivity index (χ2n) is 5.44. The second kappa shape index (κ2) is 6.68. The third-order valence-electron chi connectivity index (χ3n) is 3.71. The van der Waals surface area contributed by atoms with Crippen LogP contribution < -0.4 is 10.2 Å². The third-order valence-corrected chi connectivity index (χ3v) is 4.90. The van der Waals surface area contributed by atoms with Crippen molar-refractivity contribution in [3.05, 3.63) is 10.6 Å². The van der Waals surface area contributed by atoms with Gasteiger partial charge in [-0.3, -0.25) is 0 Å². The Balaban J connectivity index is 2.11. The van der Waals surface area contributed by atoms with Gasteiger partial charge < -0.3 is 15.1 Å². The van der Waals surface area contributed by atoms with E-state index in [1.165, 1.54) is 28.7 Å². The molecule has 19 heavy (non-hydrogen) atoms. The average molecular weight is 282 g/mol. The summed E-state index contributed by atoms with van der Waals surface area (Å²) in [7, 11) is 2.21. The first-order valence-corrected chi connectivity index (χ1v) is 8.05. The van der Waals surface area contributed by atoms with E-state index in [9.17, 15) is 0 Å². The van der Waals surface area contributed by atoms with Gasteiger partial charge in [-0.1, -0.05) is 6.92 Å². The van der Waals surface area contributed by atoms with E-state index in [1.807, 2.05) is 11.3 Å². The van der Waals surface area contributed by atoms with E-state index in [0.29, 0.717) is 6.04 Å². The SMILES string of the molecule is CCNCc1sc(N2CCCN(C)CC2C)nc1C. The zero-order valence-corrected chi connectivity index (χ0v) is 13.4. The molecule has 0 saturated carbocycles. The van der Waals surface area contributed by atoms with Gasteiger partial charge in [0.2, 0.25) is 0 Å². The van der Waals surface area contributed by atoms with E-state index in [4.69, 9.17) is 4.98 Å². The first-order chi connectivity index (χ1) is 9.11. The van der Waals surface area contributed by atoms with Crippen LogP contribution in [0.15, 0.2) is 0 Å². The number of nitrogens with zero attached hydrogens (tertiary/aromatic N) is 3. The summed E-state index contributed by atoms with van der Waals surface area (Å²) in [5.41, 5.74) is 1.19. The third kappa shape index (κ3) is 3.68. The summed E-state index contributed by atoms with van der Waals surface area (Å²) in [6.07, 6.45) is 1.22. The summed E-state index contributed by atoms with van der Waals surface area (Å²) in [5, 5.41) is 4.60. The first-order valence-electron chi connectivity index (χ1n) is 7.24. The van der Waals surface area contributed by atoms with Crippen LogP contribution in [0.25, 0.3) is 0 Å². The molecule has 1 atom stereocenters. The number of likely N-dealkylation sites (N-methyl/N-ethyl adjacent to an activating group) is 1. The maximum Gasteiger partial charge on any atom is 0.186 e. The number of anilines is 1. The Morgan fingerprint density at radius 3 is 2.95 bits per heavy atom. The van der Waals surface area contributed by atoms with Crippen LogP contribution >= 0.6 is 11.3 Å². The maximum atomic E-state index is 4.79. The standard InChI is InChI=1S/C14H26N4S/c1-5-15-9-13-12(3)16-14(19-13)18-8-6-7-17(4)10-11(18)2/h11,15H,5-10H2,1-4H3. The molecular weight excluding hydrogens is 256 g/mol. The van der Waals surface area contributed by atoms with Crippen molar-refractivity contribution < 1.29 is 0 Å². The average Bonchev–Trinajstić information content (AvgIpc) is 2.63. The van der Waals surface area contributed by atoms with E-state index in [0.717, 1.165) is 26.2 Å². The van der Waals surface area contributed by atoms with E-state index in [1.54, 1.807) is 0 Å². The van der Waals surface area contributed by atoms with Crippen molar-refractivity contribution in [2.24, 2.45) is 0 Å². The zero-order valence-electron chi connectivity index (χ0n) is 12.6. The molecule has 108 valence electrons. The lowest BCUT2D eigenvalue weighted by Gasteiger charge is -2.27. The molecule has 1 unspecified atom stereocenters. The molecule has 0 aliphatic carbocycles. The molecule has 0 bridgehead atoms. The van der Waals surface area contributed by atoms with Gasteiger partial charge in [0.25, 0.3) is 0 Å². The number of rotatable bonds is 4. The number of aromatic nitrogens is 1. The summed E-state index contributed by atoms with van der Waals surface area (Å²) < 4.78 is 0. The van der Waals surface area contributed by atoms with Crippen LogP contribution in [0.1, 0.15) is 30.8 Å². The Kier molecular flexibility index (Phi) is 5.19. The Hall–Kier alpha value is -0.650. The van der Waals surface area contributed by atoms with Crippen molar-refractivity contribution in [3.63, 3.8) is 0 Å². The Morgan fingerprint density at radius 1 is 1.42 bits per heavy atom. The van der Waals surface area contributed by atoms with Gasteiger partial charge in [-0.15, -0.1) is 11.3 Å². The lowest BCUT2D eigenvalue weighted by molar-refractivity contribution is 0.337. The smallest absolute Gasteiger partial charge is 0.186 e. The Labute approximate surface area is 120 Å². The van der Waals surface area contributed by atoms with Crippen molar-refractivity contribution in [1.29, 1.82) is 0 Å². The molecule has 1 aromatic rings. The van der Waals surface area contributed by atoms with Crippen molar-refractivity contribution in [2.75, 3.05) is 38.1 Å². The van der Waals surface area contributed by atoms with Crippen molar-refractivity contribution in [1.82, 2.24) is 15.2 Å². The quantitative estimate of drug-likeness (QED) is 0.916. The predicted molar refractivity (Wildman–Crippen MR) is 83.2 cm³/mol. The molecule has 1 fully saturated rings. The van der Waals surface area contributed by atoms with Crippen LogP contribution in [-0.2, 0) is 6.54 Å². The fourth-order valence-corrected chi connectivity index (χ4v) is 3.75. The Bertz CT molecular complexity index is 404. The monoisotopic (exact) mass is 282 g/mol. The van der Waals surface area contributed by atoms with E-state index in [-0.39, 0.29) is 0 Å². The van der Waals surface area contributed by atoms with E-state index < -0.39 is 0 Å². The molecule has 1 N–H and O–H groups in total. The number of thiazole rings is 1. The van der Waals surface area contributed by atoms with E-state index in [2.05, 4.69) is 42.9 Å². The summed E-state index contributed by atoms with van der Waals surface area (Å²) in [4.78, 5) is 11.1. The zero-order chi connectivity index (χ0) is 13.8. The van der Waals surface area contributed by atoms with Crippen LogP contribution in [-0.4, -0.2) is 49.2 Å². The molecule has 0 radical (unpaired) electrons. The van der Waals surface area contributed by atoms with Crippen LogP contribution in [0, 0.1) is 6.92 Å². The largest absolute Gasteiger partial charge is 0.344 e. The second-order valence-corrected chi connectivity index (χ2v) is 6.51. The summed E-state index contributed by atoms with van der Waals surface area (Å²) in [6, 6.07) is 0.546. The number of hydrogen-bond acceptors (Lipinski definition) is 5. The molecule has 2 heterocycles. The minimum atomic E-state index is 0.546. The number of aryl methyl sites for hydroxylation is 1. The summed E-state index contributed by atoms with van der Waals surface area (Å²) >= 11 is 1.85. The van der Waals surface area contributed by atoms with Gasteiger partial charge in [-0.05, 0) is 40.4 Å². The van der Waals surface area contributed by atoms with Gasteiger partial charge >= 0.3 is 0 Å². The highest BCUT2D eigenvalue weighted by molar-refractivity contribution is 7.15.